The van der Waals surface area contributed by atoms with Crippen molar-refractivity contribution in [3.05, 3.63) is 54.9 Å². The fraction of sp³-hybridized carbons (Fsp3) is 0. The molecule has 0 saturated heterocycles. The molecule has 1 aromatic carbocycles. The lowest BCUT2D eigenvalue weighted by Gasteiger charge is -2.00. The highest BCUT2D eigenvalue weighted by molar-refractivity contribution is 9.11. The van der Waals surface area contributed by atoms with E-state index in [1.807, 2.05) is 24.3 Å². The number of rotatable bonds is 3. The topological polar surface area (TPSA) is 46.0 Å². The summed E-state index contributed by atoms with van der Waals surface area (Å²) in [5.41, 5.74) is 0.885. The van der Waals surface area contributed by atoms with Gasteiger partial charge in [-0.25, -0.2) is 5.10 Å². The number of hydrogen-bond acceptors (Lipinski definition) is 4. The molecule has 0 radical (unpaired) electrons. The Hall–Kier alpha value is -1.28. The van der Waals surface area contributed by atoms with Crippen LogP contribution in [0.3, 0.4) is 0 Å². The first-order valence-electron chi connectivity index (χ1n) is 5.86. The minimum atomic E-state index is 0.437. The molecular formula is C13H8BrClN4S2. The minimum Gasteiger partial charge on any atom is -0.250 e. The van der Waals surface area contributed by atoms with Gasteiger partial charge < -0.3 is 0 Å². The van der Waals surface area contributed by atoms with Crippen LogP contribution >= 0.6 is 51.1 Å². The summed E-state index contributed by atoms with van der Waals surface area (Å²) in [5, 5.41) is 12.0. The van der Waals surface area contributed by atoms with Gasteiger partial charge in [0.2, 0.25) is 4.77 Å². The van der Waals surface area contributed by atoms with Gasteiger partial charge in [-0.3, -0.25) is 0 Å². The zero-order valence-corrected chi connectivity index (χ0v) is 14.4. The lowest BCUT2D eigenvalue weighted by molar-refractivity contribution is 0.872. The molecular weight excluding hydrogens is 392 g/mol. The third kappa shape index (κ3) is 3.32. The van der Waals surface area contributed by atoms with Gasteiger partial charge in [-0.1, -0.05) is 11.6 Å². The molecule has 106 valence electrons. The summed E-state index contributed by atoms with van der Waals surface area (Å²) in [7, 11) is 0. The smallest absolute Gasteiger partial charge is 0.216 e. The monoisotopic (exact) mass is 398 g/mol. The maximum absolute atomic E-state index is 5.90. The van der Waals surface area contributed by atoms with Crippen molar-refractivity contribution in [2.45, 2.75) is 0 Å². The zero-order valence-electron chi connectivity index (χ0n) is 10.5. The summed E-state index contributed by atoms with van der Waals surface area (Å²) in [6.07, 6.45) is 1.75. The SMILES string of the molecule is S=c1[nH]nc(-c2ccc(Cl)cc2)n1N=Cc1ccc(Br)s1. The highest BCUT2D eigenvalue weighted by Gasteiger charge is 2.07. The standard InChI is InChI=1S/C13H8BrClN4S2/c14-11-6-5-10(21-11)7-16-19-12(17-18-13(19)20)8-1-3-9(15)4-2-8/h1-7H,(H,18,20). The van der Waals surface area contributed by atoms with Crippen LogP contribution < -0.4 is 0 Å². The van der Waals surface area contributed by atoms with E-state index < -0.39 is 0 Å². The van der Waals surface area contributed by atoms with Crippen LogP contribution in [-0.2, 0) is 0 Å². The van der Waals surface area contributed by atoms with Gasteiger partial charge in [-0.15, -0.1) is 11.3 Å². The second-order valence-corrected chi connectivity index (χ2v) is 7.38. The van der Waals surface area contributed by atoms with Crippen LogP contribution in [0.25, 0.3) is 11.4 Å². The first kappa shape index (κ1) is 14.6. The summed E-state index contributed by atoms with van der Waals surface area (Å²) < 4.78 is 3.08. The Morgan fingerprint density at radius 3 is 2.71 bits per heavy atom. The van der Waals surface area contributed by atoms with Crippen molar-refractivity contribution in [1.82, 2.24) is 14.9 Å². The lowest BCUT2D eigenvalue weighted by Crippen LogP contribution is -1.94. The molecule has 0 spiro atoms. The van der Waals surface area contributed by atoms with E-state index in [-0.39, 0.29) is 0 Å². The van der Waals surface area contributed by atoms with E-state index in [0.717, 1.165) is 14.2 Å². The van der Waals surface area contributed by atoms with Gasteiger partial charge in [0, 0.05) is 15.5 Å². The van der Waals surface area contributed by atoms with Gasteiger partial charge in [-0.05, 0) is 64.5 Å². The van der Waals surface area contributed by atoms with E-state index in [4.69, 9.17) is 23.8 Å². The molecule has 4 nitrogen and oxygen atoms in total. The van der Waals surface area contributed by atoms with E-state index in [9.17, 15) is 0 Å². The minimum absolute atomic E-state index is 0.437. The zero-order chi connectivity index (χ0) is 14.8. The van der Waals surface area contributed by atoms with Crippen molar-refractivity contribution in [2.75, 3.05) is 0 Å². The molecule has 0 bridgehead atoms. The average Bonchev–Trinajstić information content (AvgIpc) is 3.04. The fourth-order valence-electron chi connectivity index (χ4n) is 1.70. The van der Waals surface area contributed by atoms with E-state index in [1.54, 1.807) is 34.4 Å². The normalized spacial score (nSPS) is 11.3. The van der Waals surface area contributed by atoms with Gasteiger partial charge in [0.1, 0.15) is 0 Å². The molecule has 8 heteroatoms. The maximum Gasteiger partial charge on any atom is 0.216 e. The second kappa shape index (κ2) is 6.23. The van der Waals surface area contributed by atoms with Crippen LogP contribution in [0.2, 0.25) is 5.02 Å². The van der Waals surface area contributed by atoms with Crippen molar-refractivity contribution < 1.29 is 0 Å². The van der Waals surface area contributed by atoms with E-state index >= 15 is 0 Å². The molecule has 0 saturated carbocycles. The number of aromatic nitrogens is 3. The number of H-pyrrole nitrogens is 1. The Bertz CT molecular complexity index is 848. The van der Waals surface area contributed by atoms with Gasteiger partial charge in [0.15, 0.2) is 5.82 Å². The summed E-state index contributed by atoms with van der Waals surface area (Å²) in [4.78, 5) is 1.02. The Morgan fingerprint density at radius 1 is 1.29 bits per heavy atom. The third-order valence-electron chi connectivity index (χ3n) is 2.65. The molecule has 3 aromatic rings. The van der Waals surface area contributed by atoms with Crippen molar-refractivity contribution >= 4 is 57.3 Å². The molecule has 1 N–H and O–H groups in total. The number of halogens is 2. The van der Waals surface area contributed by atoms with Crippen LogP contribution in [0.15, 0.2) is 45.3 Å². The first-order valence-corrected chi connectivity index (χ1v) is 8.26. The maximum atomic E-state index is 5.90. The molecule has 0 aliphatic carbocycles. The van der Waals surface area contributed by atoms with Crippen LogP contribution in [0, 0.1) is 4.77 Å². The lowest BCUT2D eigenvalue weighted by atomic mass is 10.2. The number of nitrogens with one attached hydrogen (secondary N) is 1. The largest absolute Gasteiger partial charge is 0.250 e. The van der Waals surface area contributed by atoms with Gasteiger partial charge in [0.25, 0.3) is 0 Å². The van der Waals surface area contributed by atoms with Gasteiger partial charge >= 0.3 is 0 Å². The van der Waals surface area contributed by atoms with E-state index in [0.29, 0.717) is 15.6 Å². The first-order chi connectivity index (χ1) is 10.1. The predicted molar refractivity (Wildman–Crippen MR) is 92.9 cm³/mol. The fourth-order valence-corrected chi connectivity index (χ4v) is 3.29. The van der Waals surface area contributed by atoms with Gasteiger partial charge in [0.05, 0.1) is 10.0 Å². The van der Waals surface area contributed by atoms with Crippen LogP contribution in [0.5, 0.6) is 0 Å². The van der Waals surface area contributed by atoms with Crippen molar-refractivity contribution in [3.63, 3.8) is 0 Å². The van der Waals surface area contributed by atoms with E-state index in [1.165, 1.54) is 0 Å². The Morgan fingerprint density at radius 2 is 2.05 bits per heavy atom. The summed E-state index contributed by atoms with van der Waals surface area (Å²) >= 11 is 16.1. The van der Waals surface area contributed by atoms with E-state index in [2.05, 4.69) is 31.2 Å². The average molecular weight is 400 g/mol. The quantitative estimate of drug-likeness (QED) is 0.499. The Labute approximate surface area is 143 Å². The number of aromatic amines is 1. The Balaban J connectivity index is 1.99. The number of thiophene rings is 1. The molecule has 0 aliphatic rings. The molecule has 21 heavy (non-hydrogen) atoms. The Kier molecular flexibility index (Phi) is 4.34. The van der Waals surface area contributed by atoms with Gasteiger partial charge in [-0.2, -0.15) is 14.9 Å². The highest BCUT2D eigenvalue weighted by atomic mass is 79.9. The number of hydrogen-bond donors (Lipinski definition) is 1. The number of benzene rings is 1. The van der Waals surface area contributed by atoms with Crippen molar-refractivity contribution in [2.24, 2.45) is 5.10 Å². The molecule has 2 aromatic heterocycles. The molecule has 0 atom stereocenters. The molecule has 0 unspecified atom stereocenters. The van der Waals surface area contributed by atoms with Crippen LogP contribution in [0.4, 0.5) is 0 Å². The molecule has 3 rings (SSSR count). The third-order valence-corrected chi connectivity index (χ3v) is 4.72. The molecule has 2 heterocycles. The summed E-state index contributed by atoms with van der Waals surface area (Å²) in [6, 6.07) is 11.3. The summed E-state index contributed by atoms with van der Waals surface area (Å²) in [6.45, 7) is 0. The van der Waals surface area contributed by atoms with Crippen molar-refractivity contribution in [3.8, 4) is 11.4 Å². The van der Waals surface area contributed by atoms with Crippen molar-refractivity contribution in [1.29, 1.82) is 0 Å². The predicted octanol–water partition coefficient (Wildman–Crippen LogP) is 4.97. The van der Waals surface area contributed by atoms with Crippen LogP contribution in [-0.4, -0.2) is 21.1 Å². The molecule has 0 aliphatic heterocycles. The second-order valence-electron chi connectivity index (χ2n) is 4.06. The summed E-state index contributed by atoms with van der Waals surface area (Å²) in [5.74, 6) is 0.642. The molecule has 0 amide bonds. The highest BCUT2D eigenvalue weighted by Crippen LogP contribution is 2.22. The number of nitrogens with zero attached hydrogens (tertiary/aromatic N) is 3. The molecule has 0 fully saturated rings. The van der Waals surface area contributed by atoms with Crippen LogP contribution in [0.1, 0.15) is 4.88 Å².